The molecule has 1 unspecified atom stereocenters. The summed E-state index contributed by atoms with van der Waals surface area (Å²) >= 11 is 7.08. The highest BCUT2D eigenvalue weighted by Crippen LogP contribution is 2.34. The topological polar surface area (TPSA) is 9.23 Å². The average Bonchev–Trinajstić information content (AvgIpc) is 2.65. The molecule has 2 rings (SSSR count). The van der Waals surface area contributed by atoms with Gasteiger partial charge in [0.2, 0.25) is 0 Å². The zero-order valence-corrected chi connectivity index (χ0v) is 11.9. The van der Waals surface area contributed by atoms with Crippen molar-refractivity contribution < 1.29 is 4.74 Å². The van der Waals surface area contributed by atoms with Crippen LogP contribution in [0.4, 0.5) is 0 Å². The zero-order chi connectivity index (χ0) is 10.8. The molecule has 1 aliphatic rings. The predicted octanol–water partition coefficient (Wildman–Crippen LogP) is 3.96. The fourth-order valence-electron chi connectivity index (χ4n) is 1.93. The minimum Gasteiger partial charge on any atom is -0.493 e. The number of ether oxygens (including phenoxy) is 1. The lowest BCUT2D eigenvalue weighted by atomic mass is 9.99. The molecule has 0 fully saturated rings. The van der Waals surface area contributed by atoms with Gasteiger partial charge in [0, 0.05) is 16.2 Å². The van der Waals surface area contributed by atoms with E-state index in [2.05, 4.69) is 50.9 Å². The molecule has 1 nitrogen and oxygen atoms in total. The first kappa shape index (κ1) is 11.5. The van der Waals surface area contributed by atoms with Crippen molar-refractivity contribution in [2.45, 2.75) is 19.8 Å². The van der Waals surface area contributed by atoms with Gasteiger partial charge < -0.3 is 4.74 Å². The van der Waals surface area contributed by atoms with Gasteiger partial charge >= 0.3 is 0 Å². The number of halogens is 2. The lowest BCUT2D eigenvalue weighted by Crippen LogP contribution is -2.02. The number of benzene rings is 1. The van der Waals surface area contributed by atoms with E-state index in [1.807, 2.05) is 0 Å². The Bertz CT molecular complexity index is 363. The largest absolute Gasteiger partial charge is 0.493 e. The molecular formula is C12H14Br2O. The van der Waals surface area contributed by atoms with Crippen LogP contribution >= 0.6 is 31.9 Å². The molecule has 1 heterocycles. The van der Waals surface area contributed by atoms with Gasteiger partial charge in [-0.05, 0) is 35.6 Å². The van der Waals surface area contributed by atoms with Crippen molar-refractivity contribution in [1.29, 1.82) is 0 Å². The molecular weight excluding hydrogens is 320 g/mol. The number of hydrogen-bond donors (Lipinski definition) is 0. The van der Waals surface area contributed by atoms with Crippen molar-refractivity contribution in [2.75, 3.05) is 11.9 Å². The van der Waals surface area contributed by atoms with Crippen LogP contribution in [0, 0.1) is 5.92 Å². The molecule has 0 radical (unpaired) electrons. The molecule has 0 saturated carbocycles. The third-order valence-electron chi connectivity index (χ3n) is 2.66. The Morgan fingerprint density at radius 2 is 2.27 bits per heavy atom. The van der Waals surface area contributed by atoms with Crippen molar-refractivity contribution in [3.63, 3.8) is 0 Å². The van der Waals surface area contributed by atoms with Gasteiger partial charge in [-0.1, -0.05) is 38.8 Å². The average molecular weight is 334 g/mol. The van der Waals surface area contributed by atoms with Crippen LogP contribution in [0.5, 0.6) is 5.75 Å². The number of alkyl halides is 1. The predicted molar refractivity (Wildman–Crippen MR) is 70.0 cm³/mol. The van der Waals surface area contributed by atoms with Gasteiger partial charge in [0.05, 0.1) is 6.61 Å². The van der Waals surface area contributed by atoms with Gasteiger partial charge in [-0.2, -0.15) is 0 Å². The van der Waals surface area contributed by atoms with E-state index in [4.69, 9.17) is 4.74 Å². The van der Waals surface area contributed by atoms with E-state index >= 15 is 0 Å². The molecule has 15 heavy (non-hydrogen) atoms. The fourth-order valence-corrected chi connectivity index (χ4v) is 2.71. The Hall–Kier alpha value is -0.0200. The Labute approximate surface area is 107 Å². The van der Waals surface area contributed by atoms with E-state index < -0.39 is 0 Å². The maximum absolute atomic E-state index is 5.69. The van der Waals surface area contributed by atoms with Gasteiger partial charge in [-0.3, -0.25) is 0 Å². The second-order valence-corrected chi connectivity index (χ2v) is 5.68. The first-order valence-electron chi connectivity index (χ1n) is 5.20. The quantitative estimate of drug-likeness (QED) is 0.761. The van der Waals surface area contributed by atoms with Crippen LogP contribution in [0.15, 0.2) is 16.6 Å². The lowest BCUT2D eigenvalue weighted by Gasteiger charge is -2.12. The van der Waals surface area contributed by atoms with Crippen LogP contribution < -0.4 is 4.74 Å². The molecule has 0 aromatic heterocycles. The van der Waals surface area contributed by atoms with Crippen molar-refractivity contribution in [1.82, 2.24) is 0 Å². The lowest BCUT2D eigenvalue weighted by molar-refractivity contribution is 0.352. The maximum Gasteiger partial charge on any atom is 0.125 e. The molecule has 0 N–H and O–H groups in total. The van der Waals surface area contributed by atoms with Gasteiger partial charge in [0.25, 0.3) is 0 Å². The third kappa shape index (κ3) is 2.56. The van der Waals surface area contributed by atoms with Crippen LogP contribution in [0.1, 0.15) is 18.1 Å². The standard InChI is InChI=1S/C12H14Br2O/c1-8(7-13)4-10-6-11(14)5-9-2-3-15-12(9)10/h5-6,8H,2-4,7H2,1H3. The highest BCUT2D eigenvalue weighted by atomic mass is 79.9. The number of fused-ring (bicyclic) bond motifs is 1. The second kappa shape index (κ2) is 4.88. The van der Waals surface area contributed by atoms with Crippen LogP contribution in [0.2, 0.25) is 0 Å². The summed E-state index contributed by atoms with van der Waals surface area (Å²) in [6.45, 7) is 3.08. The fraction of sp³-hybridized carbons (Fsp3) is 0.500. The molecule has 0 aliphatic carbocycles. The Morgan fingerprint density at radius 1 is 1.47 bits per heavy atom. The van der Waals surface area contributed by atoms with Crippen molar-refractivity contribution in [2.24, 2.45) is 5.92 Å². The molecule has 1 aliphatic heterocycles. The summed E-state index contributed by atoms with van der Waals surface area (Å²) in [6, 6.07) is 4.36. The van der Waals surface area contributed by atoms with Crippen molar-refractivity contribution >= 4 is 31.9 Å². The van der Waals surface area contributed by atoms with E-state index in [-0.39, 0.29) is 0 Å². The smallest absolute Gasteiger partial charge is 0.125 e. The highest BCUT2D eigenvalue weighted by Gasteiger charge is 2.18. The van der Waals surface area contributed by atoms with E-state index in [1.165, 1.54) is 15.6 Å². The van der Waals surface area contributed by atoms with Crippen LogP contribution in [-0.2, 0) is 12.8 Å². The number of hydrogen-bond acceptors (Lipinski definition) is 1. The normalized spacial score (nSPS) is 15.9. The highest BCUT2D eigenvalue weighted by molar-refractivity contribution is 9.10. The summed E-state index contributed by atoms with van der Waals surface area (Å²) in [7, 11) is 0. The summed E-state index contributed by atoms with van der Waals surface area (Å²) in [5.41, 5.74) is 2.69. The van der Waals surface area contributed by atoms with Crippen LogP contribution in [0.25, 0.3) is 0 Å². The molecule has 3 heteroatoms. The molecule has 1 aromatic rings. The molecule has 0 amide bonds. The molecule has 1 atom stereocenters. The van der Waals surface area contributed by atoms with Gasteiger partial charge in [0.15, 0.2) is 0 Å². The van der Waals surface area contributed by atoms with Crippen molar-refractivity contribution in [3.05, 3.63) is 27.7 Å². The Morgan fingerprint density at radius 3 is 3.00 bits per heavy atom. The Kier molecular flexibility index (Phi) is 3.73. The summed E-state index contributed by atoms with van der Waals surface area (Å²) in [5, 5.41) is 1.04. The van der Waals surface area contributed by atoms with E-state index in [1.54, 1.807) is 0 Å². The van der Waals surface area contributed by atoms with Gasteiger partial charge in [-0.15, -0.1) is 0 Å². The number of rotatable bonds is 3. The summed E-state index contributed by atoms with van der Waals surface area (Å²) in [5.74, 6) is 1.78. The van der Waals surface area contributed by atoms with Crippen molar-refractivity contribution in [3.8, 4) is 5.75 Å². The van der Waals surface area contributed by atoms with Crippen LogP contribution in [0.3, 0.4) is 0 Å². The van der Waals surface area contributed by atoms with E-state index in [0.717, 1.165) is 30.5 Å². The molecule has 1 aromatic carbocycles. The molecule has 0 saturated heterocycles. The monoisotopic (exact) mass is 332 g/mol. The van der Waals surface area contributed by atoms with E-state index in [0.29, 0.717) is 5.92 Å². The maximum atomic E-state index is 5.69. The minimum atomic E-state index is 0.646. The zero-order valence-electron chi connectivity index (χ0n) is 8.72. The third-order valence-corrected chi connectivity index (χ3v) is 4.22. The first-order chi connectivity index (χ1) is 7.20. The Balaban J connectivity index is 2.30. The van der Waals surface area contributed by atoms with Gasteiger partial charge in [0.1, 0.15) is 5.75 Å². The molecule has 0 bridgehead atoms. The summed E-state index contributed by atoms with van der Waals surface area (Å²) < 4.78 is 6.86. The van der Waals surface area contributed by atoms with Gasteiger partial charge in [-0.25, -0.2) is 0 Å². The summed E-state index contributed by atoms with van der Waals surface area (Å²) in [4.78, 5) is 0. The second-order valence-electron chi connectivity index (χ2n) is 4.12. The molecule has 0 spiro atoms. The summed E-state index contributed by atoms with van der Waals surface area (Å²) in [6.07, 6.45) is 2.12. The first-order valence-corrected chi connectivity index (χ1v) is 7.12. The van der Waals surface area contributed by atoms with E-state index in [9.17, 15) is 0 Å². The van der Waals surface area contributed by atoms with Crippen LogP contribution in [-0.4, -0.2) is 11.9 Å². The minimum absolute atomic E-state index is 0.646. The molecule has 82 valence electrons. The SMILES string of the molecule is CC(CBr)Cc1cc(Br)cc2c1OCC2.